The molecule has 0 spiro atoms. The number of aliphatic hydroxyl groups is 1. The number of likely N-dealkylation sites (N-methyl/N-ethyl adjacent to an activating group) is 1. The average Bonchev–Trinajstić information content (AvgIpc) is 2.36. The second kappa shape index (κ2) is 6.65. The first kappa shape index (κ1) is 16.4. The molecule has 7 heteroatoms. The Balaban J connectivity index is 2.95. The largest absolute Gasteiger partial charge is 0.478 e. The number of benzene rings is 1. The monoisotopic (exact) mass is 299 g/mol. The number of nitrogens with zero attached hydrogens (tertiary/aromatic N) is 1. The van der Waals surface area contributed by atoms with Crippen molar-refractivity contribution >= 4 is 22.1 Å². The fraction of sp³-hybridized carbons (Fsp3) is 0.308. The van der Waals surface area contributed by atoms with E-state index in [2.05, 4.69) is 0 Å². The zero-order valence-corrected chi connectivity index (χ0v) is 12.0. The number of hydrogen-bond acceptors (Lipinski definition) is 4. The van der Waals surface area contributed by atoms with Crippen LogP contribution in [0.15, 0.2) is 35.2 Å². The number of rotatable bonds is 6. The Morgan fingerprint density at radius 2 is 1.90 bits per heavy atom. The topological polar surface area (TPSA) is 94.9 Å². The molecular formula is C13H17NO5S. The predicted octanol–water partition coefficient (Wildman–Crippen LogP) is 0.786. The Bertz CT molecular complexity index is 590. The smallest absolute Gasteiger partial charge is 0.328 e. The summed E-state index contributed by atoms with van der Waals surface area (Å²) in [6, 6.07) is 5.83. The van der Waals surface area contributed by atoms with Gasteiger partial charge in [-0.25, -0.2) is 13.2 Å². The van der Waals surface area contributed by atoms with E-state index in [0.29, 0.717) is 5.56 Å². The van der Waals surface area contributed by atoms with E-state index >= 15 is 0 Å². The third-order valence-electron chi connectivity index (χ3n) is 2.53. The van der Waals surface area contributed by atoms with Crippen molar-refractivity contribution in [2.75, 3.05) is 13.6 Å². The van der Waals surface area contributed by atoms with Gasteiger partial charge in [0.2, 0.25) is 10.0 Å². The normalized spacial score (nSPS) is 13.8. The number of sulfonamides is 1. The molecule has 0 radical (unpaired) electrons. The van der Waals surface area contributed by atoms with Crippen molar-refractivity contribution in [3.05, 3.63) is 35.9 Å². The molecule has 0 aliphatic carbocycles. The predicted molar refractivity (Wildman–Crippen MR) is 74.6 cm³/mol. The van der Waals surface area contributed by atoms with E-state index in [1.54, 1.807) is 0 Å². The molecule has 0 saturated heterocycles. The van der Waals surface area contributed by atoms with E-state index < -0.39 is 22.1 Å². The molecule has 0 saturated carbocycles. The molecule has 1 aromatic carbocycles. The highest BCUT2D eigenvalue weighted by molar-refractivity contribution is 7.89. The van der Waals surface area contributed by atoms with Crippen LogP contribution in [0.1, 0.15) is 12.5 Å². The molecule has 20 heavy (non-hydrogen) atoms. The molecule has 0 aliphatic heterocycles. The first-order valence-electron chi connectivity index (χ1n) is 5.89. The maximum atomic E-state index is 12.1. The fourth-order valence-electron chi connectivity index (χ4n) is 1.57. The zero-order chi connectivity index (χ0) is 15.3. The average molecular weight is 299 g/mol. The molecule has 0 fully saturated rings. The Morgan fingerprint density at radius 1 is 1.35 bits per heavy atom. The lowest BCUT2D eigenvalue weighted by atomic mass is 10.2. The van der Waals surface area contributed by atoms with Crippen LogP contribution >= 0.6 is 0 Å². The quantitative estimate of drug-likeness (QED) is 0.757. The molecule has 1 atom stereocenters. The number of carbonyl (C=O) groups is 1. The number of carboxylic acids is 1. The minimum Gasteiger partial charge on any atom is -0.478 e. The van der Waals surface area contributed by atoms with Crippen LogP contribution in [-0.2, 0) is 14.8 Å². The van der Waals surface area contributed by atoms with Crippen molar-refractivity contribution in [2.24, 2.45) is 0 Å². The Kier molecular flexibility index (Phi) is 5.43. The van der Waals surface area contributed by atoms with Crippen molar-refractivity contribution in [1.82, 2.24) is 4.31 Å². The van der Waals surface area contributed by atoms with E-state index in [1.165, 1.54) is 44.3 Å². The minimum absolute atomic E-state index is 0.00298. The summed E-state index contributed by atoms with van der Waals surface area (Å²) in [6.07, 6.45) is 1.59. The summed E-state index contributed by atoms with van der Waals surface area (Å²) in [5.41, 5.74) is 0.588. The number of aliphatic hydroxyl groups excluding tert-OH is 1. The zero-order valence-electron chi connectivity index (χ0n) is 11.2. The molecule has 1 unspecified atom stereocenters. The Hall–Kier alpha value is -1.70. The highest BCUT2D eigenvalue weighted by Gasteiger charge is 2.21. The van der Waals surface area contributed by atoms with Gasteiger partial charge in [-0.15, -0.1) is 0 Å². The van der Waals surface area contributed by atoms with E-state index in [4.69, 9.17) is 5.11 Å². The lowest BCUT2D eigenvalue weighted by Crippen LogP contribution is -2.33. The number of hydrogen-bond donors (Lipinski definition) is 2. The van der Waals surface area contributed by atoms with Crippen LogP contribution in [0, 0.1) is 0 Å². The highest BCUT2D eigenvalue weighted by atomic mass is 32.2. The summed E-state index contributed by atoms with van der Waals surface area (Å²) in [5.74, 6) is -1.07. The first-order chi connectivity index (χ1) is 9.23. The minimum atomic E-state index is -3.65. The molecular weight excluding hydrogens is 282 g/mol. The Morgan fingerprint density at radius 3 is 2.35 bits per heavy atom. The van der Waals surface area contributed by atoms with Crippen molar-refractivity contribution in [3.63, 3.8) is 0 Å². The third-order valence-corrected chi connectivity index (χ3v) is 4.37. The van der Waals surface area contributed by atoms with Gasteiger partial charge in [-0.1, -0.05) is 12.1 Å². The molecule has 0 aromatic heterocycles. The van der Waals surface area contributed by atoms with Gasteiger partial charge in [0.25, 0.3) is 0 Å². The van der Waals surface area contributed by atoms with Gasteiger partial charge in [-0.2, -0.15) is 4.31 Å². The van der Waals surface area contributed by atoms with Crippen molar-refractivity contribution in [3.8, 4) is 0 Å². The van der Waals surface area contributed by atoms with Gasteiger partial charge >= 0.3 is 5.97 Å². The van der Waals surface area contributed by atoms with Crippen molar-refractivity contribution in [1.29, 1.82) is 0 Å². The summed E-state index contributed by atoms with van der Waals surface area (Å²) >= 11 is 0. The second-order valence-corrected chi connectivity index (χ2v) is 6.42. The molecule has 0 amide bonds. The standard InChI is InChI=1S/C13H17NO5S/c1-10(15)9-14(2)20(18,19)12-6-3-11(4-7-12)5-8-13(16)17/h3-8,10,15H,9H2,1-2H3,(H,16,17). The van der Waals surface area contributed by atoms with E-state index in [1.807, 2.05) is 0 Å². The first-order valence-corrected chi connectivity index (χ1v) is 7.33. The number of aliphatic carboxylic acids is 1. The summed E-state index contributed by atoms with van der Waals surface area (Å²) in [5, 5.41) is 17.7. The number of carboxylic acid groups (broad SMARTS) is 1. The van der Waals surface area contributed by atoms with Gasteiger partial charge in [-0.3, -0.25) is 0 Å². The van der Waals surface area contributed by atoms with Crippen LogP contribution in [-0.4, -0.2) is 48.6 Å². The maximum Gasteiger partial charge on any atom is 0.328 e. The Labute approximate surface area is 118 Å². The van der Waals surface area contributed by atoms with E-state index in [9.17, 15) is 18.3 Å². The van der Waals surface area contributed by atoms with Gasteiger partial charge in [0.05, 0.1) is 11.0 Å². The van der Waals surface area contributed by atoms with Gasteiger partial charge in [0, 0.05) is 19.7 Å². The summed E-state index contributed by atoms with van der Waals surface area (Å²) in [4.78, 5) is 10.5. The molecule has 0 heterocycles. The van der Waals surface area contributed by atoms with E-state index in [-0.39, 0.29) is 11.4 Å². The molecule has 0 bridgehead atoms. The van der Waals surface area contributed by atoms with Gasteiger partial charge in [0.15, 0.2) is 0 Å². The second-order valence-electron chi connectivity index (χ2n) is 4.38. The SMILES string of the molecule is CC(O)CN(C)S(=O)(=O)c1ccc(C=CC(=O)O)cc1. The van der Waals surface area contributed by atoms with Crippen LogP contribution in [0.4, 0.5) is 0 Å². The van der Waals surface area contributed by atoms with Gasteiger partial charge in [-0.05, 0) is 30.7 Å². The van der Waals surface area contributed by atoms with Crippen LogP contribution in [0.2, 0.25) is 0 Å². The highest BCUT2D eigenvalue weighted by Crippen LogP contribution is 2.16. The molecule has 0 aliphatic rings. The molecule has 2 N–H and O–H groups in total. The van der Waals surface area contributed by atoms with Crippen LogP contribution in [0.3, 0.4) is 0 Å². The lowest BCUT2D eigenvalue weighted by Gasteiger charge is -2.18. The molecule has 6 nitrogen and oxygen atoms in total. The van der Waals surface area contributed by atoms with Crippen LogP contribution in [0.5, 0.6) is 0 Å². The van der Waals surface area contributed by atoms with Crippen LogP contribution in [0.25, 0.3) is 6.08 Å². The summed E-state index contributed by atoms with van der Waals surface area (Å²) in [6.45, 7) is 1.51. The van der Waals surface area contributed by atoms with Gasteiger partial charge in [0.1, 0.15) is 0 Å². The lowest BCUT2D eigenvalue weighted by molar-refractivity contribution is -0.131. The van der Waals surface area contributed by atoms with E-state index in [0.717, 1.165) is 10.4 Å². The molecule has 110 valence electrons. The maximum absolute atomic E-state index is 12.1. The van der Waals surface area contributed by atoms with Crippen molar-refractivity contribution < 1.29 is 23.4 Å². The molecule has 1 rings (SSSR count). The van der Waals surface area contributed by atoms with Crippen molar-refractivity contribution in [2.45, 2.75) is 17.9 Å². The third kappa shape index (κ3) is 4.44. The van der Waals surface area contributed by atoms with Gasteiger partial charge < -0.3 is 10.2 Å². The molecule has 1 aromatic rings. The summed E-state index contributed by atoms with van der Waals surface area (Å²) in [7, 11) is -2.26. The fourth-order valence-corrected chi connectivity index (χ4v) is 2.82. The summed E-state index contributed by atoms with van der Waals surface area (Å²) < 4.78 is 25.4. The van der Waals surface area contributed by atoms with Crippen LogP contribution < -0.4 is 0 Å².